The summed E-state index contributed by atoms with van der Waals surface area (Å²) >= 11 is 5.66. The lowest BCUT2D eigenvalue weighted by molar-refractivity contribution is 0.0215. The average Bonchev–Trinajstić information content (AvgIpc) is 2.15. The van der Waals surface area contributed by atoms with E-state index < -0.39 is 12.2 Å². The van der Waals surface area contributed by atoms with Crippen molar-refractivity contribution in [2.24, 2.45) is 0 Å². The lowest BCUT2D eigenvalue weighted by Gasteiger charge is -2.15. The average molecular weight is 228 g/mol. The highest BCUT2D eigenvalue weighted by Gasteiger charge is 2.18. The Labute approximate surface area is 92.0 Å². The van der Waals surface area contributed by atoms with E-state index in [4.69, 9.17) is 16.9 Å². The van der Waals surface area contributed by atoms with E-state index in [1.165, 1.54) is 18.2 Å². The molecule has 1 rings (SSSR count). The largest absolute Gasteiger partial charge is 0.508 e. The van der Waals surface area contributed by atoms with Crippen molar-refractivity contribution in [2.45, 2.75) is 18.6 Å². The standard InChI is InChI=1S/C10H10ClNO3/c11-7-3-6(4-8(13)5-7)10(15)9(14)1-2-12/h3-5,9-10,13-15H,1H2. The maximum Gasteiger partial charge on any atom is 0.117 e. The van der Waals surface area contributed by atoms with Crippen LogP contribution in [0.4, 0.5) is 0 Å². The van der Waals surface area contributed by atoms with Crippen molar-refractivity contribution in [1.82, 2.24) is 0 Å². The van der Waals surface area contributed by atoms with Gasteiger partial charge >= 0.3 is 0 Å². The summed E-state index contributed by atoms with van der Waals surface area (Å²) < 4.78 is 0. The summed E-state index contributed by atoms with van der Waals surface area (Å²) in [6.07, 6.45) is -2.60. The van der Waals surface area contributed by atoms with Crippen molar-refractivity contribution >= 4 is 11.6 Å². The molecule has 0 aromatic heterocycles. The van der Waals surface area contributed by atoms with Gasteiger partial charge in [-0.2, -0.15) is 5.26 Å². The van der Waals surface area contributed by atoms with Crippen LogP contribution in [-0.4, -0.2) is 21.4 Å². The minimum absolute atomic E-state index is 0.0966. The molecule has 0 amide bonds. The van der Waals surface area contributed by atoms with Crippen LogP contribution < -0.4 is 0 Å². The Hall–Kier alpha value is -1.28. The first kappa shape index (κ1) is 11.8. The molecule has 0 bridgehead atoms. The zero-order chi connectivity index (χ0) is 11.4. The summed E-state index contributed by atoms with van der Waals surface area (Å²) in [4.78, 5) is 0. The van der Waals surface area contributed by atoms with Gasteiger partial charge in [0, 0.05) is 5.02 Å². The third-order valence-corrected chi connectivity index (χ3v) is 2.13. The van der Waals surface area contributed by atoms with E-state index in [1.807, 2.05) is 0 Å². The van der Waals surface area contributed by atoms with Crippen molar-refractivity contribution in [3.63, 3.8) is 0 Å². The number of benzene rings is 1. The van der Waals surface area contributed by atoms with Crippen molar-refractivity contribution in [2.75, 3.05) is 0 Å². The highest BCUT2D eigenvalue weighted by molar-refractivity contribution is 6.30. The number of hydrogen-bond acceptors (Lipinski definition) is 4. The Kier molecular flexibility index (Phi) is 3.92. The Morgan fingerprint density at radius 2 is 2.00 bits per heavy atom. The van der Waals surface area contributed by atoms with Crippen LogP contribution in [0.25, 0.3) is 0 Å². The van der Waals surface area contributed by atoms with E-state index in [0.717, 1.165) is 0 Å². The Balaban J connectivity index is 2.91. The normalized spacial score (nSPS) is 14.3. The number of halogens is 1. The van der Waals surface area contributed by atoms with Crippen molar-refractivity contribution < 1.29 is 15.3 Å². The van der Waals surface area contributed by atoms with Crippen LogP contribution in [0, 0.1) is 11.3 Å². The number of nitrogens with zero attached hydrogens (tertiary/aromatic N) is 1. The molecule has 0 heterocycles. The number of nitriles is 1. The van der Waals surface area contributed by atoms with E-state index in [1.54, 1.807) is 6.07 Å². The molecule has 0 saturated heterocycles. The molecule has 15 heavy (non-hydrogen) atoms. The van der Waals surface area contributed by atoms with Crippen LogP contribution in [0.1, 0.15) is 18.1 Å². The predicted octanol–water partition coefficient (Wildman–Crippen LogP) is 1.35. The van der Waals surface area contributed by atoms with Gasteiger partial charge in [0.15, 0.2) is 0 Å². The predicted molar refractivity (Wildman–Crippen MR) is 54.3 cm³/mol. The first-order chi connectivity index (χ1) is 7.04. The Morgan fingerprint density at radius 3 is 2.53 bits per heavy atom. The van der Waals surface area contributed by atoms with E-state index in [9.17, 15) is 15.3 Å². The fourth-order valence-corrected chi connectivity index (χ4v) is 1.43. The van der Waals surface area contributed by atoms with E-state index >= 15 is 0 Å². The molecule has 0 radical (unpaired) electrons. The molecule has 0 saturated carbocycles. The smallest absolute Gasteiger partial charge is 0.117 e. The summed E-state index contributed by atoms with van der Waals surface area (Å²) in [5.74, 6) is -0.0966. The van der Waals surface area contributed by atoms with Gasteiger partial charge in [-0.1, -0.05) is 11.6 Å². The van der Waals surface area contributed by atoms with Gasteiger partial charge in [0.05, 0.1) is 18.6 Å². The van der Waals surface area contributed by atoms with Crippen molar-refractivity contribution in [3.05, 3.63) is 28.8 Å². The molecule has 3 N–H and O–H groups in total. The zero-order valence-electron chi connectivity index (χ0n) is 7.76. The van der Waals surface area contributed by atoms with Crippen LogP contribution >= 0.6 is 11.6 Å². The molecule has 5 heteroatoms. The minimum atomic E-state index is -1.23. The molecule has 80 valence electrons. The van der Waals surface area contributed by atoms with E-state index in [-0.39, 0.29) is 22.8 Å². The van der Waals surface area contributed by atoms with Crippen molar-refractivity contribution in [1.29, 1.82) is 5.26 Å². The molecule has 2 unspecified atom stereocenters. The number of phenolic OH excluding ortho intramolecular Hbond substituents is 1. The van der Waals surface area contributed by atoms with Gasteiger partial charge in [-0.05, 0) is 23.8 Å². The number of aromatic hydroxyl groups is 1. The minimum Gasteiger partial charge on any atom is -0.508 e. The Morgan fingerprint density at radius 1 is 1.33 bits per heavy atom. The molecular weight excluding hydrogens is 218 g/mol. The highest BCUT2D eigenvalue weighted by atomic mass is 35.5. The van der Waals surface area contributed by atoms with Crippen LogP contribution in [-0.2, 0) is 0 Å². The molecule has 4 nitrogen and oxygen atoms in total. The fraction of sp³-hybridized carbons (Fsp3) is 0.300. The summed E-state index contributed by atoms with van der Waals surface area (Å²) in [5.41, 5.74) is 0.280. The molecule has 0 aliphatic rings. The van der Waals surface area contributed by atoms with Gasteiger partial charge in [-0.3, -0.25) is 0 Å². The van der Waals surface area contributed by atoms with E-state index in [0.29, 0.717) is 0 Å². The molecule has 1 aromatic carbocycles. The second-order valence-electron chi connectivity index (χ2n) is 3.12. The number of phenols is 1. The number of aliphatic hydroxyl groups is 2. The quantitative estimate of drug-likeness (QED) is 0.728. The van der Waals surface area contributed by atoms with Crippen LogP contribution in [0.3, 0.4) is 0 Å². The summed E-state index contributed by atoms with van der Waals surface area (Å²) in [6.45, 7) is 0. The number of aliphatic hydroxyl groups excluding tert-OH is 2. The number of hydrogen-bond donors (Lipinski definition) is 3. The molecule has 0 aliphatic heterocycles. The van der Waals surface area contributed by atoms with Gasteiger partial charge in [-0.15, -0.1) is 0 Å². The third kappa shape index (κ3) is 3.10. The Bertz CT molecular complexity index is 368. The molecule has 0 spiro atoms. The second-order valence-corrected chi connectivity index (χ2v) is 3.55. The van der Waals surface area contributed by atoms with Crippen molar-refractivity contribution in [3.8, 4) is 11.8 Å². The molecule has 0 aliphatic carbocycles. The maximum atomic E-state index is 9.60. The van der Waals surface area contributed by atoms with Gasteiger partial charge in [-0.25, -0.2) is 0 Å². The molecular formula is C10H10ClNO3. The fourth-order valence-electron chi connectivity index (χ4n) is 1.19. The van der Waals surface area contributed by atoms with Gasteiger partial charge < -0.3 is 15.3 Å². The molecule has 1 aromatic rings. The van der Waals surface area contributed by atoms with Gasteiger partial charge in [0.2, 0.25) is 0 Å². The lowest BCUT2D eigenvalue weighted by atomic mass is 10.0. The lowest BCUT2D eigenvalue weighted by Crippen LogP contribution is -2.17. The highest BCUT2D eigenvalue weighted by Crippen LogP contribution is 2.26. The topological polar surface area (TPSA) is 84.5 Å². The first-order valence-corrected chi connectivity index (χ1v) is 4.65. The monoisotopic (exact) mass is 227 g/mol. The zero-order valence-corrected chi connectivity index (χ0v) is 8.52. The first-order valence-electron chi connectivity index (χ1n) is 4.27. The number of rotatable bonds is 3. The summed E-state index contributed by atoms with van der Waals surface area (Å²) in [7, 11) is 0. The second kappa shape index (κ2) is 4.99. The summed E-state index contributed by atoms with van der Waals surface area (Å²) in [5, 5.41) is 36.8. The maximum absolute atomic E-state index is 9.60. The van der Waals surface area contributed by atoms with Crippen LogP contribution in [0.15, 0.2) is 18.2 Å². The van der Waals surface area contributed by atoms with E-state index in [2.05, 4.69) is 0 Å². The third-order valence-electron chi connectivity index (χ3n) is 1.91. The molecule has 0 fully saturated rings. The summed E-state index contributed by atoms with van der Waals surface area (Å²) in [6, 6.07) is 5.77. The SMILES string of the molecule is N#CCC(O)C(O)c1cc(O)cc(Cl)c1. The molecule has 2 atom stereocenters. The van der Waals surface area contributed by atoms with Crippen LogP contribution in [0.2, 0.25) is 5.02 Å². The van der Waals surface area contributed by atoms with Gasteiger partial charge in [0.25, 0.3) is 0 Å². The van der Waals surface area contributed by atoms with Gasteiger partial charge in [0.1, 0.15) is 11.9 Å². The van der Waals surface area contributed by atoms with Crippen LogP contribution in [0.5, 0.6) is 5.75 Å².